The quantitative estimate of drug-likeness (QED) is 0.522. The smallest absolute Gasteiger partial charge is 0.270 e. The first-order chi connectivity index (χ1) is 15.7. The molecule has 0 bridgehead atoms. The number of rotatable bonds is 3. The first-order valence-electron chi connectivity index (χ1n) is 11.7. The molecule has 0 radical (unpaired) electrons. The minimum atomic E-state index is -0.0279. The number of hydrogen-bond acceptors (Lipinski definition) is 4. The molecule has 5 heterocycles. The standard InChI is InChI=1S/C25H28N6O/c1-17-16-31-23(27-24(17)29-11-6-7-12-29)15-20(28-31)22-10-4-5-13-30(22)25(32)21-14-18-8-2-3-9-19(18)26-21/h2-3,8-9,14-16,22,26H,4-7,10-13H2,1H3. The number of fused-ring (bicyclic) bond motifs is 2. The molecule has 1 N–H and O–H groups in total. The van der Waals surface area contributed by atoms with Gasteiger partial charge in [0.15, 0.2) is 5.65 Å². The van der Waals surface area contributed by atoms with E-state index in [4.69, 9.17) is 10.1 Å². The SMILES string of the molecule is Cc1cn2nc(C3CCCCN3C(=O)c3cc4ccccc4[nH]3)cc2nc1N1CCCC1. The van der Waals surface area contributed by atoms with Gasteiger partial charge in [-0.05, 0) is 51.2 Å². The van der Waals surface area contributed by atoms with E-state index in [1.54, 1.807) is 0 Å². The van der Waals surface area contributed by atoms with Crippen molar-refractivity contribution in [3.8, 4) is 0 Å². The molecule has 7 nitrogen and oxygen atoms in total. The Labute approximate surface area is 187 Å². The number of nitrogens with one attached hydrogen (secondary N) is 1. The predicted octanol–water partition coefficient (Wildman–Crippen LogP) is 4.49. The van der Waals surface area contributed by atoms with Gasteiger partial charge in [0.2, 0.25) is 0 Å². The number of hydrogen-bond donors (Lipinski definition) is 1. The van der Waals surface area contributed by atoms with E-state index in [1.807, 2.05) is 39.7 Å². The highest BCUT2D eigenvalue weighted by atomic mass is 16.2. The van der Waals surface area contributed by atoms with Gasteiger partial charge in [-0.25, -0.2) is 9.50 Å². The normalized spacial score (nSPS) is 19.3. The van der Waals surface area contributed by atoms with Gasteiger partial charge in [-0.3, -0.25) is 4.79 Å². The van der Waals surface area contributed by atoms with Crippen LogP contribution >= 0.6 is 0 Å². The molecule has 1 amide bonds. The number of anilines is 1. The van der Waals surface area contributed by atoms with Gasteiger partial charge in [-0.15, -0.1) is 0 Å². The number of piperidine rings is 1. The summed E-state index contributed by atoms with van der Waals surface area (Å²) in [6.45, 7) is 4.99. The molecule has 2 aliphatic heterocycles. The van der Waals surface area contributed by atoms with Gasteiger partial charge in [0.1, 0.15) is 11.5 Å². The monoisotopic (exact) mass is 428 g/mol. The van der Waals surface area contributed by atoms with Crippen molar-refractivity contribution in [3.63, 3.8) is 0 Å². The lowest BCUT2D eigenvalue weighted by molar-refractivity contribution is 0.0600. The van der Waals surface area contributed by atoms with Crippen LogP contribution < -0.4 is 4.90 Å². The largest absolute Gasteiger partial charge is 0.356 e. The summed E-state index contributed by atoms with van der Waals surface area (Å²) in [6, 6.07) is 12.0. The average molecular weight is 429 g/mol. The molecule has 0 aliphatic carbocycles. The predicted molar refractivity (Wildman–Crippen MR) is 125 cm³/mol. The topological polar surface area (TPSA) is 69.5 Å². The van der Waals surface area contributed by atoms with Crippen molar-refractivity contribution in [1.29, 1.82) is 0 Å². The minimum Gasteiger partial charge on any atom is -0.356 e. The number of aryl methyl sites for hydroxylation is 1. The molecule has 3 aromatic heterocycles. The van der Waals surface area contributed by atoms with Crippen molar-refractivity contribution >= 4 is 28.3 Å². The molecule has 7 heteroatoms. The molecule has 0 saturated carbocycles. The van der Waals surface area contributed by atoms with E-state index in [1.165, 1.54) is 12.8 Å². The van der Waals surface area contributed by atoms with E-state index in [0.29, 0.717) is 5.69 Å². The zero-order valence-corrected chi connectivity index (χ0v) is 18.4. The van der Waals surface area contributed by atoms with Crippen LogP contribution in [0.4, 0.5) is 5.82 Å². The lowest BCUT2D eigenvalue weighted by atomic mass is 9.99. The molecule has 1 unspecified atom stereocenters. The van der Waals surface area contributed by atoms with Gasteiger partial charge in [-0.1, -0.05) is 18.2 Å². The van der Waals surface area contributed by atoms with Crippen molar-refractivity contribution in [1.82, 2.24) is 24.5 Å². The number of aromatic nitrogens is 4. The van der Waals surface area contributed by atoms with Crippen LogP contribution in [0, 0.1) is 6.92 Å². The molecule has 2 fully saturated rings. The van der Waals surface area contributed by atoms with Crippen molar-refractivity contribution in [2.45, 2.75) is 45.1 Å². The molecule has 2 saturated heterocycles. The molecule has 0 spiro atoms. The molecule has 32 heavy (non-hydrogen) atoms. The van der Waals surface area contributed by atoms with Crippen LogP contribution in [-0.2, 0) is 0 Å². The lowest BCUT2D eigenvalue weighted by Crippen LogP contribution is -2.38. The Hall–Kier alpha value is -3.35. The van der Waals surface area contributed by atoms with E-state index >= 15 is 0 Å². The van der Waals surface area contributed by atoms with E-state index in [9.17, 15) is 4.79 Å². The van der Waals surface area contributed by atoms with Crippen LogP contribution in [0.1, 0.15) is 59.9 Å². The first kappa shape index (κ1) is 19.3. The van der Waals surface area contributed by atoms with Gasteiger partial charge in [-0.2, -0.15) is 5.10 Å². The molecule has 2 aliphatic rings. The van der Waals surface area contributed by atoms with Gasteiger partial charge in [0, 0.05) is 48.4 Å². The zero-order valence-electron chi connectivity index (χ0n) is 18.4. The maximum Gasteiger partial charge on any atom is 0.270 e. The summed E-state index contributed by atoms with van der Waals surface area (Å²) in [5.74, 6) is 1.11. The summed E-state index contributed by atoms with van der Waals surface area (Å²) < 4.78 is 1.88. The highest BCUT2D eigenvalue weighted by Gasteiger charge is 2.31. The Kier molecular flexibility index (Phi) is 4.63. The summed E-state index contributed by atoms with van der Waals surface area (Å²) in [4.78, 5) is 26.1. The average Bonchev–Trinajstić information content (AvgIpc) is 3.56. The van der Waals surface area contributed by atoms with E-state index in [-0.39, 0.29) is 11.9 Å². The number of nitrogens with zero attached hydrogens (tertiary/aromatic N) is 5. The van der Waals surface area contributed by atoms with E-state index in [0.717, 1.165) is 72.5 Å². The summed E-state index contributed by atoms with van der Waals surface area (Å²) >= 11 is 0. The number of H-pyrrole nitrogens is 1. The van der Waals surface area contributed by atoms with Gasteiger partial charge < -0.3 is 14.8 Å². The highest BCUT2D eigenvalue weighted by Crippen LogP contribution is 2.33. The second kappa shape index (κ2) is 7.65. The van der Waals surface area contributed by atoms with Crippen LogP contribution in [0.3, 0.4) is 0 Å². The molecular formula is C25H28N6O. The fourth-order valence-electron chi connectivity index (χ4n) is 5.26. The second-order valence-corrected chi connectivity index (χ2v) is 9.09. The third-order valence-corrected chi connectivity index (χ3v) is 6.90. The fraction of sp³-hybridized carbons (Fsp3) is 0.400. The highest BCUT2D eigenvalue weighted by molar-refractivity contribution is 5.98. The molecular weight excluding hydrogens is 400 g/mol. The van der Waals surface area contributed by atoms with E-state index in [2.05, 4.69) is 29.1 Å². The molecule has 4 aromatic rings. The summed E-state index contributed by atoms with van der Waals surface area (Å²) in [7, 11) is 0. The molecule has 164 valence electrons. The Morgan fingerprint density at radius 1 is 1.06 bits per heavy atom. The zero-order chi connectivity index (χ0) is 21.7. The Morgan fingerprint density at radius 3 is 2.72 bits per heavy atom. The van der Waals surface area contributed by atoms with Gasteiger partial charge in [0.25, 0.3) is 5.91 Å². The molecule has 1 atom stereocenters. The van der Waals surface area contributed by atoms with Crippen molar-refractivity contribution in [2.75, 3.05) is 24.5 Å². The van der Waals surface area contributed by atoms with Gasteiger partial charge in [0.05, 0.1) is 11.7 Å². The van der Waals surface area contributed by atoms with Crippen LogP contribution in [0.5, 0.6) is 0 Å². The number of carbonyl (C=O) groups excluding carboxylic acids is 1. The number of likely N-dealkylation sites (tertiary alicyclic amines) is 1. The third kappa shape index (κ3) is 3.23. The van der Waals surface area contributed by atoms with Crippen molar-refractivity contribution in [2.24, 2.45) is 0 Å². The van der Waals surface area contributed by atoms with Crippen molar-refractivity contribution in [3.05, 3.63) is 59.5 Å². The summed E-state index contributed by atoms with van der Waals surface area (Å²) in [5, 5.41) is 5.93. The Bertz CT molecular complexity index is 1270. The summed E-state index contributed by atoms with van der Waals surface area (Å²) in [5.41, 5.74) is 4.57. The number of amides is 1. The van der Waals surface area contributed by atoms with Crippen LogP contribution in [0.2, 0.25) is 0 Å². The van der Waals surface area contributed by atoms with E-state index < -0.39 is 0 Å². The third-order valence-electron chi connectivity index (χ3n) is 6.90. The number of carbonyl (C=O) groups is 1. The maximum atomic E-state index is 13.5. The van der Waals surface area contributed by atoms with Crippen LogP contribution in [0.25, 0.3) is 16.6 Å². The lowest BCUT2D eigenvalue weighted by Gasteiger charge is -2.34. The fourth-order valence-corrected chi connectivity index (χ4v) is 5.26. The first-order valence-corrected chi connectivity index (χ1v) is 11.7. The van der Waals surface area contributed by atoms with Crippen molar-refractivity contribution < 1.29 is 4.79 Å². The van der Waals surface area contributed by atoms with Gasteiger partial charge >= 0.3 is 0 Å². The number of benzene rings is 1. The second-order valence-electron chi connectivity index (χ2n) is 9.09. The minimum absolute atomic E-state index is 0.0279. The summed E-state index contributed by atoms with van der Waals surface area (Å²) in [6.07, 6.45) is 7.57. The number of aromatic amines is 1. The molecule has 6 rings (SSSR count). The maximum absolute atomic E-state index is 13.5. The van der Waals surface area contributed by atoms with Crippen LogP contribution in [-0.4, -0.2) is 50.0 Å². The number of para-hydroxylation sites is 1. The Balaban J connectivity index is 1.34. The van der Waals surface area contributed by atoms with Crippen LogP contribution in [0.15, 0.2) is 42.6 Å². The Morgan fingerprint density at radius 2 is 1.88 bits per heavy atom. The molecule has 1 aromatic carbocycles.